The number of aliphatic hydroxyl groups excluding tert-OH is 2. The maximum Gasteiger partial charge on any atom is 1.00 e. The Kier molecular flexibility index (Phi) is 29.1. The van der Waals surface area contributed by atoms with Crippen molar-refractivity contribution in [2.45, 2.75) is 32.7 Å². The van der Waals surface area contributed by atoms with E-state index in [1.54, 1.807) is 5.92 Å². The van der Waals surface area contributed by atoms with E-state index in [2.05, 4.69) is 28.9 Å². The normalized spacial score (nSPS) is 14.4. The van der Waals surface area contributed by atoms with Gasteiger partial charge in [0.1, 0.15) is 32.1 Å². The smallest absolute Gasteiger partial charge is 0.744 e. The number of ether oxygens (including phenoxy) is 1. The van der Waals surface area contributed by atoms with Crippen LogP contribution >= 0.6 is 24.1 Å². The van der Waals surface area contributed by atoms with E-state index in [1.165, 1.54) is 31.3 Å². The summed E-state index contributed by atoms with van der Waals surface area (Å²) < 4.78 is 86.1. The molecule has 4 rings (SSSR count). The number of hydrazone groups is 1. The average molecular weight is 997 g/mol. The second-order valence-corrected chi connectivity index (χ2v) is 14.2. The number of aromatic hydroxyl groups is 1. The zero-order chi connectivity index (χ0) is 40.5. The fourth-order valence-electron chi connectivity index (χ4n) is 4.55. The Hall–Kier alpha value is 1.43. The Labute approximate surface area is 513 Å². The number of ketones is 1. The van der Waals surface area contributed by atoms with Gasteiger partial charge in [0.05, 0.1) is 57.4 Å². The number of benzene rings is 2. The molecule has 0 spiro atoms. The van der Waals surface area contributed by atoms with Gasteiger partial charge in [-0.3, -0.25) is 14.9 Å². The van der Waals surface area contributed by atoms with Gasteiger partial charge in [0, 0.05) is 21.3 Å². The molecular weight excluding hydrogens is 977 g/mol. The second-order valence-electron chi connectivity index (χ2n) is 9.92. The third-order valence-electron chi connectivity index (χ3n) is 6.69. The van der Waals surface area contributed by atoms with Crippen LogP contribution in [0.3, 0.4) is 0 Å². The van der Waals surface area contributed by atoms with E-state index >= 15 is 0 Å². The molecule has 0 radical (unpaired) electrons. The molecule has 1 aromatic heterocycles. The summed E-state index contributed by atoms with van der Waals surface area (Å²) in [6, 6.07) is 5.73. The van der Waals surface area contributed by atoms with Crippen molar-refractivity contribution in [3.05, 3.63) is 77.5 Å². The Bertz CT molecular complexity index is 2400. The van der Waals surface area contributed by atoms with E-state index in [1.807, 2.05) is 0 Å². The molecule has 0 unspecified atom stereocenters. The number of esters is 1. The Balaban J connectivity index is 0.00000841. The van der Waals surface area contributed by atoms with Gasteiger partial charge in [-0.25, -0.2) is 26.6 Å². The number of aromatic nitrogens is 2. The standard InChI is InChI=1S/C29H24N4O18S4.4K/c1-2-47-29(38)26-19(28(37)33(31-26)21-15-17(53-51-49-40)9-11-24(21)55(44,45)46)7-5-3-4-6-18-25(22(35)12-13-34)30-32(27(18)36)20-14-16(52-50-48-39)8-10-23(20)54(41,42)43;;;;/h3-11,14-15,27,34,36-37,39-40H,2H2,1H3,(H,41,42,43)(H,44,45,46);;;;/q;4*+1/p-4/b4-3?,7-5?,18-6-;;;;/t27-;;;;/m1..../s1. The topological polar surface area (TPSA) is 335 Å². The minimum Gasteiger partial charge on any atom is -0.744 e. The van der Waals surface area contributed by atoms with E-state index in [9.17, 15) is 56.3 Å². The molecule has 0 fully saturated rings. The molecule has 1 atom stereocenters. The minimum absolute atomic E-state index is 0. The first-order valence-corrected chi connectivity index (χ1v) is 18.6. The van der Waals surface area contributed by atoms with Crippen LogP contribution in [0, 0.1) is 12.0 Å². The third kappa shape index (κ3) is 16.4. The summed E-state index contributed by atoms with van der Waals surface area (Å²) in [5.41, 5.74) is -3.02. The number of hydrogen-bond acceptors (Lipinski definition) is 23. The van der Waals surface area contributed by atoms with Crippen LogP contribution in [-0.2, 0) is 48.5 Å². The molecule has 59 heavy (non-hydrogen) atoms. The molecule has 0 amide bonds. The molecule has 1 aliphatic rings. The molecule has 292 valence electrons. The van der Waals surface area contributed by atoms with Gasteiger partial charge in [0.15, 0.2) is 11.9 Å². The summed E-state index contributed by atoms with van der Waals surface area (Å²) in [5, 5.41) is 66.7. The molecule has 1 aliphatic heterocycles. The fourth-order valence-corrected chi connectivity index (χ4v) is 6.61. The van der Waals surface area contributed by atoms with Crippen molar-refractivity contribution >= 4 is 73.5 Å². The monoisotopic (exact) mass is 996 g/mol. The molecule has 3 aromatic rings. The molecule has 3 N–H and O–H groups in total. The predicted octanol–water partition coefficient (Wildman–Crippen LogP) is -12.4. The minimum atomic E-state index is -5.24. The SMILES string of the molecule is CCOC(=O)c1nn(-c2cc(SOO[O-])ccc2S(=O)(=O)[O-])c(O)c1C=CC=C/C=C1/C(C(=O)C#CO)=NN(c2cc(SOO[O-])ccc2S(=O)(=O)[O-])[C@@H]1O.[K+].[K+].[K+].[K+]. The second kappa shape index (κ2) is 28.5. The van der Waals surface area contributed by atoms with Crippen molar-refractivity contribution in [1.29, 1.82) is 0 Å². The number of carbonyl (C=O) groups excluding carboxylic acids is 2. The number of rotatable bonds is 16. The van der Waals surface area contributed by atoms with Crippen LogP contribution in [0.1, 0.15) is 23.0 Å². The van der Waals surface area contributed by atoms with E-state index in [-0.39, 0.29) is 233 Å². The van der Waals surface area contributed by atoms with Gasteiger partial charge in [0.25, 0.3) is 5.78 Å². The van der Waals surface area contributed by atoms with Crippen LogP contribution in [0.4, 0.5) is 5.69 Å². The Morgan fingerprint density at radius 2 is 1.44 bits per heavy atom. The summed E-state index contributed by atoms with van der Waals surface area (Å²) in [7, 11) is -10.5. The van der Waals surface area contributed by atoms with Crippen molar-refractivity contribution < 1.29 is 290 Å². The van der Waals surface area contributed by atoms with Crippen molar-refractivity contribution in [2.75, 3.05) is 11.6 Å². The first kappa shape index (κ1) is 60.4. The zero-order valence-electron chi connectivity index (χ0n) is 31.0. The van der Waals surface area contributed by atoms with Gasteiger partial charge >= 0.3 is 212 Å². The largest absolute Gasteiger partial charge is 1.00 e. The molecule has 30 heteroatoms. The van der Waals surface area contributed by atoms with Gasteiger partial charge < -0.3 is 39.7 Å². The number of aliphatic hydroxyl groups is 2. The first-order valence-electron chi connectivity index (χ1n) is 14.3. The molecule has 22 nitrogen and oxygen atoms in total. The van der Waals surface area contributed by atoms with Crippen molar-refractivity contribution in [3.63, 3.8) is 0 Å². The van der Waals surface area contributed by atoms with Gasteiger partial charge in [-0.05, 0) is 49.4 Å². The van der Waals surface area contributed by atoms with Gasteiger partial charge in [0.2, 0.25) is 5.88 Å². The Morgan fingerprint density at radius 1 is 0.898 bits per heavy atom. The van der Waals surface area contributed by atoms with E-state index in [0.717, 1.165) is 48.6 Å². The fraction of sp³-hybridized carbons (Fsp3) is 0.103. The summed E-state index contributed by atoms with van der Waals surface area (Å²) in [4.78, 5) is 23.7. The van der Waals surface area contributed by atoms with Crippen LogP contribution in [0.2, 0.25) is 0 Å². The Morgan fingerprint density at radius 3 is 1.95 bits per heavy atom. The summed E-state index contributed by atoms with van der Waals surface area (Å²) in [6.45, 7) is 1.31. The van der Waals surface area contributed by atoms with E-state index < -0.39 is 76.7 Å². The average Bonchev–Trinajstić information content (AvgIpc) is 3.64. The molecule has 2 heterocycles. The maximum absolute atomic E-state index is 12.8. The number of allylic oxidation sites excluding steroid dienone is 4. The molecular formula is C29H20K4N4O18S4. The zero-order valence-corrected chi connectivity index (χ0v) is 46.8. The number of carbonyl (C=O) groups is 2. The van der Waals surface area contributed by atoms with Crippen LogP contribution in [-0.4, -0.2) is 81.3 Å². The third-order valence-corrected chi connectivity index (χ3v) is 9.60. The van der Waals surface area contributed by atoms with Crippen LogP contribution in [0.25, 0.3) is 11.8 Å². The number of hydrogen-bond donors (Lipinski definition) is 3. The number of Topliss-reactive ketones (excluding diaryl/α,β-unsaturated/α-hetero) is 1. The number of nitrogens with zero attached hydrogens (tertiary/aromatic N) is 4. The van der Waals surface area contributed by atoms with Crippen molar-refractivity contribution in [2.24, 2.45) is 5.10 Å². The summed E-state index contributed by atoms with van der Waals surface area (Å²) in [5.74, 6) is -1.33. The van der Waals surface area contributed by atoms with E-state index in [4.69, 9.17) is 9.84 Å². The van der Waals surface area contributed by atoms with Gasteiger partial charge in [-0.15, -0.1) is 0 Å². The molecule has 2 aromatic carbocycles. The quantitative estimate of drug-likeness (QED) is 0.0175. The van der Waals surface area contributed by atoms with Gasteiger partial charge in [-0.1, -0.05) is 24.3 Å². The molecule has 0 saturated carbocycles. The first-order chi connectivity index (χ1) is 26.1. The van der Waals surface area contributed by atoms with E-state index in [0.29, 0.717) is 33.8 Å². The van der Waals surface area contributed by atoms with Crippen LogP contribution < -0.4 is 221 Å². The van der Waals surface area contributed by atoms with Crippen LogP contribution in [0.5, 0.6) is 5.88 Å². The summed E-state index contributed by atoms with van der Waals surface area (Å²) >= 11 is 0.612. The number of anilines is 1. The maximum atomic E-state index is 12.8. The molecule has 0 bridgehead atoms. The molecule has 0 aliphatic carbocycles. The van der Waals surface area contributed by atoms with Crippen molar-refractivity contribution in [3.8, 4) is 23.6 Å². The summed E-state index contributed by atoms with van der Waals surface area (Å²) in [6.07, 6.45) is 5.15. The van der Waals surface area contributed by atoms with Gasteiger partial charge in [-0.2, -0.15) is 23.5 Å². The predicted molar refractivity (Wildman–Crippen MR) is 177 cm³/mol. The van der Waals surface area contributed by atoms with Crippen LogP contribution in [0.15, 0.2) is 91.0 Å². The molecule has 0 saturated heterocycles. The van der Waals surface area contributed by atoms with Crippen molar-refractivity contribution in [1.82, 2.24) is 9.78 Å².